The van der Waals surface area contributed by atoms with Crippen LogP contribution in [0.3, 0.4) is 0 Å². The number of rotatable bonds is 4. The molecule has 2 rings (SSSR count). The lowest BCUT2D eigenvalue weighted by Gasteiger charge is -2.05. The van der Waals surface area contributed by atoms with Crippen LogP contribution in [0.5, 0.6) is 0 Å². The molecule has 98 valence electrons. The van der Waals surface area contributed by atoms with Gasteiger partial charge in [0.15, 0.2) is 0 Å². The summed E-state index contributed by atoms with van der Waals surface area (Å²) >= 11 is 1.47. The molecule has 2 aromatic rings. The summed E-state index contributed by atoms with van der Waals surface area (Å²) < 4.78 is 0. The van der Waals surface area contributed by atoms with Crippen molar-refractivity contribution in [3.8, 4) is 0 Å². The number of aromatic nitrogens is 1. The molecule has 0 atom stereocenters. The van der Waals surface area contributed by atoms with Crippen LogP contribution in [0.1, 0.15) is 31.3 Å². The maximum Gasteiger partial charge on any atom is 0.335 e. The van der Waals surface area contributed by atoms with Crippen LogP contribution in [0, 0.1) is 6.92 Å². The highest BCUT2D eigenvalue weighted by atomic mass is 32.1. The Kier molecular flexibility index (Phi) is 3.91. The van der Waals surface area contributed by atoms with Crippen LogP contribution in [-0.4, -0.2) is 22.0 Å². The molecule has 0 bridgehead atoms. The molecule has 0 radical (unpaired) electrons. The summed E-state index contributed by atoms with van der Waals surface area (Å²) in [6.07, 6.45) is 0. The number of aryl methyl sites for hydroxylation is 1. The molecule has 0 aliphatic rings. The first kappa shape index (κ1) is 13.2. The van der Waals surface area contributed by atoms with Gasteiger partial charge in [-0.05, 0) is 25.1 Å². The topological polar surface area (TPSA) is 79.3 Å². The molecule has 0 saturated heterocycles. The SMILES string of the molecule is Cc1ncsc1CNC(=O)c1cccc(C(=O)O)c1. The minimum absolute atomic E-state index is 0.0987. The molecule has 2 N–H and O–H groups in total. The van der Waals surface area contributed by atoms with E-state index in [0.29, 0.717) is 12.1 Å². The number of nitrogens with one attached hydrogen (secondary N) is 1. The molecule has 0 aliphatic carbocycles. The molecule has 0 fully saturated rings. The molecule has 6 heteroatoms. The molecule has 0 saturated carbocycles. The number of carbonyl (C=O) groups excluding carboxylic acids is 1. The van der Waals surface area contributed by atoms with Gasteiger partial charge in [0, 0.05) is 10.4 Å². The van der Waals surface area contributed by atoms with E-state index >= 15 is 0 Å². The van der Waals surface area contributed by atoms with E-state index in [2.05, 4.69) is 10.3 Å². The first-order valence-corrected chi connectivity index (χ1v) is 6.46. The van der Waals surface area contributed by atoms with Gasteiger partial charge in [0.1, 0.15) is 0 Å². The number of nitrogens with zero attached hydrogens (tertiary/aromatic N) is 1. The fraction of sp³-hybridized carbons (Fsp3) is 0.154. The van der Waals surface area contributed by atoms with Gasteiger partial charge in [0.05, 0.1) is 23.3 Å². The van der Waals surface area contributed by atoms with E-state index < -0.39 is 5.97 Å². The zero-order valence-electron chi connectivity index (χ0n) is 10.2. The fourth-order valence-electron chi connectivity index (χ4n) is 1.55. The highest BCUT2D eigenvalue weighted by Crippen LogP contribution is 2.12. The number of carboxylic acids is 1. The first-order chi connectivity index (χ1) is 9.08. The summed E-state index contributed by atoms with van der Waals surface area (Å²) in [7, 11) is 0. The average molecular weight is 276 g/mol. The highest BCUT2D eigenvalue weighted by Gasteiger charge is 2.10. The van der Waals surface area contributed by atoms with Gasteiger partial charge in [-0.15, -0.1) is 11.3 Å². The number of benzene rings is 1. The van der Waals surface area contributed by atoms with E-state index in [1.165, 1.54) is 23.5 Å². The van der Waals surface area contributed by atoms with E-state index in [4.69, 9.17) is 5.11 Å². The molecule has 1 amide bonds. The highest BCUT2D eigenvalue weighted by molar-refractivity contribution is 7.09. The molecular weight excluding hydrogens is 264 g/mol. The van der Waals surface area contributed by atoms with Crippen molar-refractivity contribution in [3.05, 3.63) is 51.5 Å². The third-order valence-corrected chi connectivity index (χ3v) is 3.56. The second-order valence-electron chi connectivity index (χ2n) is 3.93. The van der Waals surface area contributed by atoms with Gasteiger partial charge in [-0.1, -0.05) is 6.07 Å². The van der Waals surface area contributed by atoms with Gasteiger partial charge in [-0.25, -0.2) is 9.78 Å². The summed E-state index contributed by atoms with van der Waals surface area (Å²) in [4.78, 5) is 27.8. The average Bonchev–Trinajstić information content (AvgIpc) is 2.81. The predicted octanol–water partition coefficient (Wildman–Crippen LogP) is 2.08. The molecule has 19 heavy (non-hydrogen) atoms. The number of carbonyl (C=O) groups is 2. The Hall–Kier alpha value is -2.21. The van der Waals surface area contributed by atoms with E-state index in [-0.39, 0.29) is 11.5 Å². The monoisotopic (exact) mass is 276 g/mol. The van der Waals surface area contributed by atoms with Crippen LogP contribution in [0.25, 0.3) is 0 Å². The fourth-order valence-corrected chi connectivity index (χ4v) is 2.27. The Labute approximate surface area is 113 Å². The number of hydrogen-bond donors (Lipinski definition) is 2. The number of carboxylic acid groups (broad SMARTS) is 1. The maximum atomic E-state index is 11.9. The molecule has 0 aliphatic heterocycles. The molecular formula is C13H12N2O3S. The molecule has 5 nitrogen and oxygen atoms in total. The Bertz CT molecular complexity index is 622. The lowest BCUT2D eigenvalue weighted by molar-refractivity contribution is 0.0697. The molecule has 1 aromatic carbocycles. The van der Waals surface area contributed by atoms with Crippen LogP contribution in [0.4, 0.5) is 0 Å². The largest absolute Gasteiger partial charge is 0.478 e. The third-order valence-electron chi connectivity index (χ3n) is 2.63. The zero-order chi connectivity index (χ0) is 13.8. The predicted molar refractivity (Wildman–Crippen MR) is 71.4 cm³/mol. The van der Waals surface area contributed by atoms with Crippen molar-refractivity contribution in [2.24, 2.45) is 0 Å². The Morgan fingerprint density at radius 3 is 2.74 bits per heavy atom. The quantitative estimate of drug-likeness (QED) is 0.896. The lowest BCUT2D eigenvalue weighted by atomic mass is 10.1. The number of aromatic carboxylic acids is 1. The summed E-state index contributed by atoms with van der Waals surface area (Å²) in [5.41, 5.74) is 3.05. The van der Waals surface area contributed by atoms with Crippen molar-refractivity contribution >= 4 is 23.2 Å². The van der Waals surface area contributed by atoms with Gasteiger partial charge in [0.25, 0.3) is 5.91 Å². The van der Waals surface area contributed by atoms with Crippen molar-refractivity contribution < 1.29 is 14.7 Å². The van der Waals surface area contributed by atoms with E-state index in [1.807, 2.05) is 6.92 Å². The van der Waals surface area contributed by atoms with Crippen molar-refractivity contribution in [1.82, 2.24) is 10.3 Å². The van der Waals surface area contributed by atoms with E-state index in [1.54, 1.807) is 17.6 Å². The van der Waals surface area contributed by atoms with Gasteiger partial charge in [-0.2, -0.15) is 0 Å². The van der Waals surface area contributed by atoms with Crippen molar-refractivity contribution in [1.29, 1.82) is 0 Å². The number of hydrogen-bond acceptors (Lipinski definition) is 4. The zero-order valence-corrected chi connectivity index (χ0v) is 11.0. The number of thiazole rings is 1. The van der Waals surface area contributed by atoms with E-state index in [0.717, 1.165) is 10.6 Å². The normalized spacial score (nSPS) is 10.2. The second-order valence-corrected chi connectivity index (χ2v) is 4.87. The first-order valence-electron chi connectivity index (χ1n) is 5.58. The van der Waals surface area contributed by atoms with Crippen LogP contribution in [-0.2, 0) is 6.54 Å². The third kappa shape index (κ3) is 3.17. The second kappa shape index (κ2) is 5.62. The van der Waals surface area contributed by atoms with Crippen LogP contribution in [0.15, 0.2) is 29.8 Å². The summed E-state index contributed by atoms with van der Waals surface area (Å²) in [6.45, 7) is 2.27. The van der Waals surface area contributed by atoms with Crippen LogP contribution < -0.4 is 5.32 Å². The molecule has 1 heterocycles. The number of amides is 1. The summed E-state index contributed by atoms with van der Waals surface area (Å²) in [5.74, 6) is -1.34. The molecule has 0 unspecified atom stereocenters. The summed E-state index contributed by atoms with van der Waals surface area (Å²) in [5, 5.41) is 11.6. The van der Waals surface area contributed by atoms with Gasteiger partial charge in [-0.3, -0.25) is 4.79 Å². The molecule has 1 aromatic heterocycles. The standard InChI is InChI=1S/C13H12N2O3S/c1-8-11(19-7-15-8)6-14-12(16)9-3-2-4-10(5-9)13(17)18/h2-5,7H,6H2,1H3,(H,14,16)(H,17,18). The van der Waals surface area contributed by atoms with Crippen molar-refractivity contribution in [2.45, 2.75) is 13.5 Å². The van der Waals surface area contributed by atoms with Crippen molar-refractivity contribution in [2.75, 3.05) is 0 Å². The van der Waals surface area contributed by atoms with E-state index in [9.17, 15) is 9.59 Å². The van der Waals surface area contributed by atoms with Gasteiger partial charge < -0.3 is 10.4 Å². The molecule has 0 spiro atoms. The Morgan fingerprint density at radius 1 is 1.37 bits per heavy atom. The maximum absolute atomic E-state index is 11.9. The van der Waals surface area contributed by atoms with Crippen LogP contribution >= 0.6 is 11.3 Å². The summed E-state index contributed by atoms with van der Waals surface area (Å²) in [6, 6.07) is 5.95. The smallest absolute Gasteiger partial charge is 0.335 e. The van der Waals surface area contributed by atoms with Gasteiger partial charge in [0.2, 0.25) is 0 Å². The minimum atomic E-state index is -1.05. The van der Waals surface area contributed by atoms with Crippen LogP contribution in [0.2, 0.25) is 0 Å². The minimum Gasteiger partial charge on any atom is -0.478 e. The Balaban J connectivity index is 2.06. The van der Waals surface area contributed by atoms with Crippen molar-refractivity contribution in [3.63, 3.8) is 0 Å². The van der Waals surface area contributed by atoms with Gasteiger partial charge >= 0.3 is 5.97 Å². The lowest BCUT2D eigenvalue weighted by Crippen LogP contribution is -2.23. The Morgan fingerprint density at radius 2 is 2.11 bits per heavy atom.